The second kappa shape index (κ2) is 4.06. The second-order valence-corrected chi connectivity index (χ2v) is 6.26. The highest BCUT2D eigenvalue weighted by atomic mass is 15.2. The summed E-state index contributed by atoms with van der Waals surface area (Å²) in [5, 5.41) is 0. The lowest BCUT2D eigenvalue weighted by atomic mass is 9.80. The first-order chi connectivity index (χ1) is 6.31. The van der Waals surface area contributed by atoms with Crippen LogP contribution in [0.15, 0.2) is 12.2 Å². The largest absolute Gasteiger partial charge is 0.294 e. The third-order valence-electron chi connectivity index (χ3n) is 2.88. The zero-order valence-corrected chi connectivity index (χ0v) is 10.4. The van der Waals surface area contributed by atoms with Gasteiger partial charge in [-0.25, -0.2) is 0 Å². The van der Waals surface area contributed by atoms with Crippen molar-refractivity contribution in [2.75, 3.05) is 13.1 Å². The lowest BCUT2D eigenvalue weighted by Gasteiger charge is -2.43. The molecule has 0 bridgehead atoms. The number of nitrogens with zero attached hydrogens (tertiary/aromatic N) is 1. The summed E-state index contributed by atoms with van der Waals surface area (Å²) in [5.74, 6) is 0. The van der Waals surface area contributed by atoms with E-state index < -0.39 is 0 Å². The van der Waals surface area contributed by atoms with E-state index in [-0.39, 0.29) is 0 Å². The highest BCUT2D eigenvalue weighted by molar-refractivity contribution is 4.97. The van der Waals surface area contributed by atoms with Crippen LogP contribution in [0, 0.1) is 5.41 Å². The first-order valence-corrected chi connectivity index (χ1v) is 5.71. The minimum atomic E-state index is 0.336. The van der Waals surface area contributed by atoms with Gasteiger partial charge in [0.15, 0.2) is 0 Å². The first kappa shape index (κ1) is 11.8. The van der Waals surface area contributed by atoms with Gasteiger partial charge < -0.3 is 0 Å². The topological polar surface area (TPSA) is 3.24 Å². The molecule has 0 radical (unpaired) electrons. The van der Waals surface area contributed by atoms with Gasteiger partial charge in [0.25, 0.3) is 0 Å². The molecule has 1 heteroatoms. The predicted molar refractivity (Wildman–Crippen MR) is 63.5 cm³/mol. The smallest absolute Gasteiger partial charge is 0.0168 e. The molecule has 1 nitrogen and oxygen atoms in total. The monoisotopic (exact) mass is 195 g/mol. The van der Waals surface area contributed by atoms with Crippen molar-refractivity contribution in [1.29, 1.82) is 0 Å². The Morgan fingerprint density at radius 1 is 1.07 bits per heavy atom. The summed E-state index contributed by atoms with van der Waals surface area (Å²) in [6, 6.07) is 0. The molecule has 0 saturated heterocycles. The van der Waals surface area contributed by atoms with Crippen LogP contribution in [0.4, 0.5) is 0 Å². The molecule has 0 atom stereocenters. The zero-order valence-electron chi connectivity index (χ0n) is 10.4. The molecule has 0 aromatic carbocycles. The summed E-state index contributed by atoms with van der Waals surface area (Å²) in [6.45, 7) is 14.1. The number of hydrogen-bond acceptors (Lipinski definition) is 1. The third kappa shape index (κ3) is 3.45. The van der Waals surface area contributed by atoms with E-state index >= 15 is 0 Å². The highest BCUT2D eigenvalue weighted by Crippen LogP contribution is 2.31. The second-order valence-electron chi connectivity index (χ2n) is 6.26. The molecule has 0 aromatic heterocycles. The van der Waals surface area contributed by atoms with Gasteiger partial charge in [-0.1, -0.05) is 32.9 Å². The van der Waals surface area contributed by atoms with Crippen LogP contribution in [0.3, 0.4) is 0 Å². The van der Waals surface area contributed by atoms with Crippen LogP contribution in [-0.4, -0.2) is 23.5 Å². The van der Waals surface area contributed by atoms with E-state index in [1.54, 1.807) is 0 Å². The fraction of sp³-hybridized carbons (Fsp3) is 0.846. The minimum absolute atomic E-state index is 0.336. The van der Waals surface area contributed by atoms with Gasteiger partial charge in [-0.05, 0) is 32.1 Å². The summed E-state index contributed by atoms with van der Waals surface area (Å²) in [5.41, 5.74) is 0.758. The molecule has 1 heterocycles. The molecular formula is C13H25N. The molecule has 0 aliphatic carbocycles. The van der Waals surface area contributed by atoms with Gasteiger partial charge in [0.05, 0.1) is 0 Å². The first-order valence-electron chi connectivity index (χ1n) is 5.71. The van der Waals surface area contributed by atoms with Gasteiger partial charge >= 0.3 is 0 Å². The molecule has 82 valence electrons. The maximum Gasteiger partial charge on any atom is 0.0168 e. The number of rotatable bonds is 2. The molecule has 0 spiro atoms. The SMILES string of the molecule is CC(C)(C)CC(C)(C)N1CC=CCC1. The summed E-state index contributed by atoms with van der Waals surface area (Å²) in [4.78, 5) is 2.60. The lowest BCUT2D eigenvalue weighted by molar-refractivity contribution is 0.0867. The molecule has 1 aliphatic rings. The van der Waals surface area contributed by atoms with Crippen LogP contribution in [0.1, 0.15) is 47.5 Å². The van der Waals surface area contributed by atoms with Gasteiger partial charge in [-0.3, -0.25) is 4.90 Å². The van der Waals surface area contributed by atoms with Gasteiger partial charge in [0, 0.05) is 18.6 Å². The van der Waals surface area contributed by atoms with Crippen LogP contribution in [0.5, 0.6) is 0 Å². The van der Waals surface area contributed by atoms with E-state index in [0.717, 1.165) is 6.54 Å². The van der Waals surface area contributed by atoms with E-state index in [1.807, 2.05) is 0 Å². The molecular weight excluding hydrogens is 170 g/mol. The Kier molecular flexibility index (Phi) is 3.41. The quantitative estimate of drug-likeness (QED) is 0.610. The molecule has 0 N–H and O–H groups in total. The van der Waals surface area contributed by atoms with Crippen molar-refractivity contribution in [2.24, 2.45) is 5.41 Å². The van der Waals surface area contributed by atoms with Crippen molar-refractivity contribution in [3.05, 3.63) is 12.2 Å². The molecule has 0 aromatic rings. The average molecular weight is 195 g/mol. The van der Waals surface area contributed by atoms with Crippen molar-refractivity contribution in [2.45, 2.75) is 53.0 Å². The van der Waals surface area contributed by atoms with Gasteiger partial charge in [-0.2, -0.15) is 0 Å². The van der Waals surface area contributed by atoms with Crippen molar-refractivity contribution >= 4 is 0 Å². The van der Waals surface area contributed by atoms with Gasteiger partial charge in [-0.15, -0.1) is 0 Å². The maximum atomic E-state index is 2.60. The van der Waals surface area contributed by atoms with Crippen LogP contribution >= 0.6 is 0 Å². The van der Waals surface area contributed by atoms with E-state index in [1.165, 1.54) is 19.4 Å². The summed E-state index contributed by atoms with van der Waals surface area (Å²) >= 11 is 0. The van der Waals surface area contributed by atoms with Crippen LogP contribution in [-0.2, 0) is 0 Å². The molecule has 0 saturated carbocycles. The standard InChI is InChI=1S/C13H25N/c1-12(2,3)11-13(4,5)14-9-7-6-8-10-14/h6-7H,8-11H2,1-5H3. The minimum Gasteiger partial charge on any atom is -0.294 e. The Morgan fingerprint density at radius 2 is 1.71 bits per heavy atom. The Balaban J connectivity index is 2.59. The number of hydrogen-bond donors (Lipinski definition) is 0. The predicted octanol–water partition coefficient (Wildman–Crippen LogP) is 3.46. The maximum absolute atomic E-state index is 2.60. The fourth-order valence-corrected chi connectivity index (χ4v) is 2.60. The van der Waals surface area contributed by atoms with Crippen LogP contribution in [0.2, 0.25) is 0 Å². The molecule has 0 unspecified atom stereocenters. The Labute approximate surface area is 89.2 Å². The summed E-state index contributed by atoms with van der Waals surface area (Å²) in [7, 11) is 0. The van der Waals surface area contributed by atoms with Crippen molar-refractivity contribution in [3.63, 3.8) is 0 Å². The van der Waals surface area contributed by atoms with Crippen molar-refractivity contribution in [3.8, 4) is 0 Å². The molecule has 1 rings (SSSR count). The Bertz CT molecular complexity index is 208. The van der Waals surface area contributed by atoms with Crippen molar-refractivity contribution < 1.29 is 0 Å². The summed E-state index contributed by atoms with van der Waals surface area (Å²) < 4.78 is 0. The fourth-order valence-electron chi connectivity index (χ4n) is 2.60. The average Bonchev–Trinajstić information content (AvgIpc) is 2.01. The normalized spacial score (nSPS) is 20.1. The van der Waals surface area contributed by atoms with Crippen LogP contribution in [0.25, 0.3) is 0 Å². The van der Waals surface area contributed by atoms with E-state index in [4.69, 9.17) is 0 Å². The van der Waals surface area contributed by atoms with E-state index in [0.29, 0.717) is 11.0 Å². The van der Waals surface area contributed by atoms with Crippen molar-refractivity contribution in [1.82, 2.24) is 4.90 Å². The van der Waals surface area contributed by atoms with Crippen LogP contribution < -0.4 is 0 Å². The Morgan fingerprint density at radius 3 is 2.14 bits per heavy atom. The van der Waals surface area contributed by atoms with Gasteiger partial charge in [0.2, 0.25) is 0 Å². The zero-order chi connectivity index (χ0) is 10.8. The van der Waals surface area contributed by atoms with E-state index in [9.17, 15) is 0 Å². The Hall–Kier alpha value is -0.300. The third-order valence-corrected chi connectivity index (χ3v) is 2.88. The lowest BCUT2D eigenvalue weighted by Crippen LogP contribution is -2.47. The van der Waals surface area contributed by atoms with E-state index in [2.05, 4.69) is 51.7 Å². The molecule has 0 amide bonds. The molecule has 1 aliphatic heterocycles. The highest BCUT2D eigenvalue weighted by Gasteiger charge is 2.30. The molecule has 14 heavy (non-hydrogen) atoms. The summed E-state index contributed by atoms with van der Waals surface area (Å²) in [6.07, 6.45) is 7.07. The molecule has 0 fully saturated rings. The van der Waals surface area contributed by atoms with Gasteiger partial charge in [0.1, 0.15) is 0 Å².